The topological polar surface area (TPSA) is 19.9 Å². The smallest absolute Gasteiger partial charge is 0.0983 e. The third kappa shape index (κ3) is 5.89. The van der Waals surface area contributed by atoms with Crippen molar-refractivity contribution in [1.82, 2.24) is 0 Å². The molecular weight excluding hydrogens is 196 g/mol. The Labute approximate surface area is 103 Å². The summed E-state index contributed by atoms with van der Waals surface area (Å²) < 4.78 is 0. The summed E-state index contributed by atoms with van der Waals surface area (Å²) in [5, 5.41) is 12.3. The van der Waals surface area contributed by atoms with Gasteiger partial charge in [-0.25, -0.2) is 5.11 Å². The molecule has 0 fully saturated rings. The van der Waals surface area contributed by atoms with Crippen LogP contribution in [0.1, 0.15) is 85.5 Å². The van der Waals surface area contributed by atoms with E-state index in [1.807, 2.05) is 0 Å². The summed E-state index contributed by atoms with van der Waals surface area (Å²) in [6.45, 7) is 8.83. The first-order chi connectivity index (χ1) is 7.60. The highest BCUT2D eigenvalue weighted by Crippen LogP contribution is 2.36. The van der Waals surface area contributed by atoms with Gasteiger partial charge in [-0.05, 0) is 24.7 Å². The predicted molar refractivity (Wildman–Crippen MR) is 71.2 cm³/mol. The number of unbranched alkanes of at least 4 members (excludes halogenated alkanes) is 3. The van der Waals surface area contributed by atoms with Crippen molar-refractivity contribution in [3.8, 4) is 0 Å². The van der Waals surface area contributed by atoms with Gasteiger partial charge >= 0.3 is 0 Å². The molecule has 0 saturated heterocycles. The van der Waals surface area contributed by atoms with Crippen molar-refractivity contribution < 1.29 is 5.11 Å². The van der Waals surface area contributed by atoms with E-state index < -0.39 is 0 Å². The predicted octanol–water partition coefficient (Wildman–Crippen LogP) is 5.36. The van der Waals surface area contributed by atoms with Crippen LogP contribution in [0.25, 0.3) is 0 Å². The first-order valence-corrected chi connectivity index (χ1v) is 7.26. The maximum absolute atomic E-state index is 12.3. The Morgan fingerprint density at radius 1 is 0.875 bits per heavy atom. The molecule has 0 amide bonds. The lowest BCUT2D eigenvalue weighted by Crippen LogP contribution is -2.31. The fourth-order valence-electron chi connectivity index (χ4n) is 2.35. The highest BCUT2D eigenvalue weighted by molar-refractivity contribution is 4.82. The Hall–Kier alpha value is -0.0400. The van der Waals surface area contributed by atoms with Crippen LogP contribution in [0.15, 0.2) is 0 Å². The summed E-state index contributed by atoms with van der Waals surface area (Å²) in [4.78, 5) is 0. The van der Waals surface area contributed by atoms with Crippen molar-refractivity contribution in [3.05, 3.63) is 0 Å². The molecule has 1 unspecified atom stereocenters. The van der Waals surface area contributed by atoms with Gasteiger partial charge in [-0.1, -0.05) is 66.2 Å². The van der Waals surface area contributed by atoms with Crippen LogP contribution in [-0.4, -0.2) is 6.10 Å². The Morgan fingerprint density at radius 2 is 1.31 bits per heavy atom. The molecule has 1 atom stereocenters. The molecule has 1 heteroatoms. The Balaban J connectivity index is 4.24. The number of rotatable bonds is 10. The zero-order valence-corrected chi connectivity index (χ0v) is 11.8. The molecular formula is C15H31O. The molecule has 0 aliphatic heterocycles. The number of hydrogen-bond acceptors (Lipinski definition) is 0. The molecule has 0 aliphatic carbocycles. The highest BCUT2D eigenvalue weighted by Gasteiger charge is 2.32. The van der Waals surface area contributed by atoms with Crippen molar-refractivity contribution in [2.24, 2.45) is 5.41 Å². The largest absolute Gasteiger partial charge is 0.233 e. The lowest BCUT2D eigenvalue weighted by molar-refractivity contribution is -0.0373. The van der Waals surface area contributed by atoms with Gasteiger partial charge < -0.3 is 0 Å². The van der Waals surface area contributed by atoms with Gasteiger partial charge in [0.25, 0.3) is 0 Å². The van der Waals surface area contributed by atoms with Crippen molar-refractivity contribution in [2.45, 2.75) is 91.6 Å². The Morgan fingerprint density at radius 3 is 1.69 bits per heavy atom. The maximum Gasteiger partial charge on any atom is 0.0983 e. The first kappa shape index (κ1) is 16.0. The van der Waals surface area contributed by atoms with Crippen molar-refractivity contribution in [3.63, 3.8) is 0 Å². The minimum atomic E-state index is -0.342. The third-order valence-corrected chi connectivity index (χ3v) is 3.80. The molecule has 0 aromatic carbocycles. The van der Waals surface area contributed by atoms with Gasteiger partial charge in [0.15, 0.2) is 0 Å². The average Bonchev–Trinajstić information content (AvgIpc) is 2.30. The summed E-state index contributed by atoms with van der Waals surface area (Å²) in [6.07, 6.45) is 9.88. The van der Waals surface area contributed by atoms with Crippen LogP contribution in [0.5, 0.6) is 0 Å². The van der Waals surface area contributed by atoms with Crippen LogP contribution < -0.4 is 0 Å². The molecule has 1 nitrogen and oxygen atoms in total. The first-order valence-electron chi connectivity index (χ1n) is 7.26. The van der Waals surface area contributed by atoms with E-state index in [9.17, 15) is 5.11 Å². The molecule has 0 saturated carbocycles. The van der Waals surface area contributed by atoms with Gasteiger partial charge in [0.2, 0.25) is 0 Å². The molecule has 0 aromatic rings. The van der Waals surface area contributed by atoms with Gasteiger partial charge in [-0.15, -0.1) is 0 Å². The molecule has 16 heavy (non-hydrogen) atoms. The summed E-state index contributed by atoms with van der Waals surface area (Å²) in [7, 11) is 0. The van der Waals surface area contributed by atoms with E-state index in [2.05, 4.69) is 27.7 Å². The van der Waals surface area contributed by atoms with E-state index in [4.69, 9.17) is 0 Å². The fraction of sp³-hybridized carbons (Fsp3) is 1.00. The van der Waals surface area contributed by atoms with Gasteiger partial charge in [0, 0.05) is 0 Å². The molecule has 0 N–H and O–H groups in total. The third-order valence-electron chi connectivity index (χ3n) is 3.80. The number of hydrogen-bond donors (Lipinski definition) is 0. The molecule has 1 radical (unpaired) electrons. The van der Waals surface area contributed by atoms with Crippen molar-refractivity contribution in [1.29, 1.82) is 0 Å². The van der Waals surface area contributed by atoms with Crippen LogP contribution in [-0.2, 0) is 5.11 Å². The minimum Gasteiger partial charge on any atom is -0.233 e. The molecule has 0 aliphatic rings. The van der Waals surface area contributed by atoms with E-state index in [0.717, 1.165) is 32.1 Å². The van der Waals surface area contributed by atoms with Gasteiger partial charge in [0.1, 0.15) is 0 Å². The molecule has 0 aromatic heterocycles. The standard InChI is InChI=1S/C15H31O/c1-5-8-11-14(16)15(4,12-9-6-2)13-10-7-3/h14H,5-13H2,1-4H3. The van der Waals surface area contributed by atoms with Crippen LogP contribution in [0.3, 0.4) is 0 Å². The monoisotopic (exact) mass is 227 g/mol. The van der Waals surface area contributed by atoms with Gasteiger partial charge in [-0.2, -0.15) is 0 Å². The minimum absolute atomic E-state index is 0.0567. The molecule has 0 heterocycles. The molecule has 0 spiro atoms. The Bertz CT molecular complexity index is 146. The zero-order chi connectivity index (χ0) is 12.4. The van der Waals surface area contributed by atoms with E-state index >= 15 is 0 Å². The highest BCUT2D eigenvalue weighted by atomic mass is 16.3. The fourth-order valence-corrected chi connectivity index (χ4v) is 2.35. The van der Waals surface area contributed by atoms with E-state index in [0.29, 0.717) is 0 Å². The summed E-state index contributed by atoms with van der Waals surface area (Å²) in [6, 6.07) is 0. The van der Waals surface area contributed by atoms with E-state index in [1.54, 1.807) is 0 Å². The van der Waals surface area contributed by atoms with Crippen LogP contribution >= 0.6 is 0 Å². The lowest BCUT2D eigenvalue weighted by Gasteiger charge is -2.33. The maximum atomic E-state index is 12.3. The molecule has 97 valence electrons. The van der Waals surface area contributed by atoms with Crippen LogP contribution in [0, 0.1) is 5.41 Å². The quantitative estimate of drug-likeness (QED) is 0.478. The summed E-state index contributed by atoms with van der Waals surface area (Å²) in [5.74, 6) is 0. The lowest BCUT2D eigenvalue weighted by atomic mass is 9.74. The second-order valence-corrected chi connectivity index (χ2v) is 5.49. The van der Waals surface area contributed by atoms with Crippen molar-refractivity contribution >= 4 is 0 Å². The summed E-state index contributed by atoms with van der Waals surface area (Å²) >= 11 is 0. The van der Waals surface area contributed by atoms with Gasteiger partial charge in [0.05, 0.1) is 6.10 Å². The van der Waals surface area contributed by atoms with Crippen LogP contribution in [0.4, 0.5) is 0 Å². The molecule has 0 rings (SSSR count). The van der Waals surface area contributed by atoms with Crippen molar-refractivity contribution in [2.75, 3.05) is 0 Å². The molecule has 0 bridgehead atoms. The zero-order valence-electron chi connectivity index (χ0n) is 11.8. The van der Waals surface area contributed by atoms with E-state index in [-0.39, 0.29) is 11.5 Å². The second kappa shape index (κ2) is 9.04. The SMILES string of the molecule is CCCCC([O])C(C)(CCCC)CCCC. The Kier molecular flexibility index (Phi) is 9.02. The van der Waals surface area contributed by atoms with Gasteiger partial charge in [-0.3, -0.25) is 0 Å². The summed E-state index contributed by atoms with van der Waals surface area (Å²) in [5.41, 5.74) is 0.0567. The second-order valence-electron chi connectivity index (χ2n) is 5.49. The normalized spacial score (nSPS) is 14.1. The van der Waals surface area contributed by atoms with Crippen LogP contribution in [0.2, 0.25) is 0 Å². The average molecular weight is 227 g/mol. The van der Waals surface area contributed by atoms with E-state index in [1.165, 1.54) is 25.7 Å².